The Kier molecular flexibility index (Phi) is 7.18. The Morgan fingerprint density at radius 3 is 2.29 bits per heavy atom. The Morgan fingerprint density at radius 1 is 1.14 bits per heavy atom. The zero-order valence-electron chi connectivity index (χ0n) is 12.8. The van der Waals surface area contributed by atoms with E-state index < -0.39 is 12.6 Å². The molecule has 0 aromatic heterocycles. The third-order valence-electron chi connectivity index (χ3n) is 3.08. The van der Waals surface area contributed by atoms with Crippen LogP contribution in [-0.4, -0.2) is 25.4 Å². The van der Waals surface area contributed by atoms with Gasteiger partial charge in [-0.3, -0.25) is 0 Å². The van der Waals surface area contributed by atoms with Gasteiger partial charge in [-0.25, -0.2) is 0 Å². The monoisotopic (exact) mass is 303 g/mol. The molecular formula is C16H24F3NO. The third-order valence-corrected chi connectivity index (χ3v) is 3.08. The SMILES string of the molecule is Cc1ccc(C(CNC(C)C)OCCCC(F)(F)F)cc1. The zero-order chi connectivity index (χ0) is 15.9. The van der Waals surface area contributed by atoms with Crippen LogP contribution in [0.25, 0.3) is 0 Å². The van der Waals surface area contributed by atoms with E-state index >= 15 is 0 Å². The summed E-state index contributed by atoms with van der Waals surface area (Å²) in [6, 6.07) is 8.20. The number of benzene rings is 1. The maximum atomic E-state index is 12.1. The molecule has 120 valence electrons. The van der Waals surface area contributed by atoms with Crippen molar-refractivity contribution in [3.8, 4) is 0 Å². The fourth-order valence-electron chi connectivity index (χ4n) is 1.90. The highest BCUT2D eigenvalue weighted by molar-refractivity contribution is 5.23. The Balaban J connectivity index is 2.54. The first-order valence-corrected chi connectivity index (χ1v) is 7.26. The molecule has 0 aliphatic carbocycles. The minimum atomic E-state index is -4.11. The molecule has 0 bridgehead atoms. The van der Waals surface area contributed by atoms with E-state index in [2.05, 4.69) is 5.32 Å². The highest BCUT2D eigenvalue weighted by Crippen LogP contribution is 2.23. The number of aryl methyl sites for hydroxylation is 1. The molecule has 1 unspecified atom stereocenters. The first-order chi connectivity index (χ1) is 9.78. The van der Waals surface area contributed by atoms with Crippen LogP contribution in [0.5, 0.6) is 0 Å². The van der Waals surface area contributed by atoms with Gasteiger partial charge >= 0.3 is 6.18 Å². The van der Waals surface area contributed by atoms with Crippen molar-refractivity contribution in [2.24, 2.45) is 0 Å². The fourth-order valence-corrected chi connectivity index (χ4v) is 1.90. The quantitative estimate of drug-likeness (QED) is 0.719. The smallest absolute Gasteiger partial charge is 0.372 e. The molecule has 5 heteroatoms. The van der Waals surface area contributed by atoms with Gasteiger partial charge in [0.05, 0.1) is 6.10 Å². The number of alkyl halides is 3. The van der Waals surface area contributed by atoms with Crippen molar-refractivity contribution >= 4 is 0 Å². The molecule has 0 amide bonds. The molecule has 1 N–H and O–H groups in total. The second kappa shape index (κ2) is 8.39. The van der Waals surface area contributed by atoms with Crippen molar-refractivity contribution < 1.29 is 17.9 Å². The maximum absolute atomic E-state index is 12.1. The first-order valence-electron chi connectivity index (χ1n) is 7.26. The molecule has 2 nitrogen and oxygen atoms in total. The van der Waals surface area contributed by atoms with E-state index in [-0.39, 0.29) is 19.1 Å². The van der Waals surface area contributed by atoms with Gasteiger partial charge in [0.2, 0.25) is 0 Å². The molecule has 0 fully saturated rings. The highest BCUT2D eigenvalue weighted by Gasteiger charge is 2.26. The second-order valence-electron chi connectivity index (χ2n) is 5.55. The molecule has 1 aromatic rings. The van der Waals surface area contributed by atoms with E-state index in [1.807, 2.05) is 45.0 Å². The standard InChI is InChI=1S/C16H24F3NO/c1-12(2)20-11-15(14-7-5-13(3)6-8-14)21-10-4-9-16(17,18)19/h5-8,12,15,20H,4,9-11H2,1-3H3. The molecular weight excluding hydrogens is 279 g/mol. The van der Waals surface area contributed by atoms with Gasteiger partial charge in [0.15, 0.2) is 0 Å². The summed E-state index contributed by atoms with van der Waals surface area (Å²) >= 11 is 0. The lowest BCUT2D eigenvalue weighted by molar-refractivity contribution is -0.138. The minimum absolute atomic E-state index is 0.00641. The summed E-state index contributed by atoms with van der Waals surface area (Å²) in [7, 11) is 0. The summed E-state index contributed by atoms with van der Waals surface area (Å²) < 4.78 is 42.1. The van der Waals surface area contributed by atoms with Gasteiger partial charge in [-0.2, -0.15) is 13.2 Å². The fraction of sp³-hybridized carbons (Fsp3) is 0.625. The number of hydrogen-bond acceptors (Lipinski definition) is 2. The minimum Gasteiger partial charge on any atom is -0.372 e. The van der Waals surface area contributed by atoms with Crippen LogP contribution in [0.3, 0.4) is 0 Å². The molecule has 1 aromatic carbocycles. The van der Waals surface area contributed by atoms with Gasteiger partial charge in [-0.1, -0.05) is 43.7 Å². The Labute approximate surface area is 124 Å². The van der Waals surface area contributed by atoms with Crippen molar-refractivity contribution in [3.05, 3.63) is 35.4 Å². The first kappa shape index (κ1) is 18.0. The van der Waals surface area contributed by atoms with Crippen LogP contribution in [0.1, 0.15) is 43.9 Å². The summed E-state index contributed by atoms with van der Waals surface area (Å²) in [4.78, 5) is 0. The highest BCUT2D eigenvalue weighted by atomic mass is 19.4. The van der Waals surface area contributed by atoms with Gasteiger partial charge in [-0.15, -0.1) is 0 Å². The number of nitrogens with one attached hydrogen (secondary N) is 1. The normalized spacial score (nSPS) is 13.7. The van der Waals surface area contributed by atoms with E-state index in [9.17, 15) is 13.2 Å². The summed E-state index contributed by atoms with van der Waals surface area (Å²) in [5.74, 6) is 0. The zero-order valence-corrected chi connectivity index (χ0v) is 12.8. The molecule has 0 saturated heterocycles. The van der Waals surface area contributed by atoms with Crippen LogP contribution in [0, 0.1) is 6.92 Å². The topological polar surface area (TPSA) is 21.3 Å². The van der Waals surface area contributed by atoms with E-state index in [1.54, 1.807) is 0 Å². The van der Waals surface area contributed by atoms with Gasteiger partial charge in [0.1, 0.15) is 0 Å². The van der Waals surface area contributed by atoms with Crippen LogP contribution < -0.4 is 5.32 Å². The Hall–Kier alpha value is -1.07. The lowest BCUT2D eigenvalue weighted by atomic mass is 10.1. The predicted molar refractivity (Wildman–Crippen MR) is 78.3 cm³/mol. The van der Waals surface area contributed by atoms with Gasteiger partial charge in [-0.05, 0) is 18.9 Å². The largest absolute Gasteiger partial charge is 0.389 e. The van der Waals surface area contributed by atoms with E-state index in [0.717, 1.165) is 11.1 Å². The lowest BCUT2D eigenvalue weighted by Gasteiger charge is -2.21. The predicted octanol–water partition coefficient (Wildman–Crippen LogP) is 4.39. The van der Waals surface area contributed by atoms with Gasteiger partial charge in [0.25, 0.3) is 0 Å². The van der Waals surface area contributed by atoms with E-state index in [0.29, 0.717) is 12.6 Å². The van der Waals surface area contributed by atoms with Crippen LogP contribution in [0.4, 0.5) is 13.2 Å². The van der Waals surface area contributed by atoms with Gasteiger partial charge in [0, 0.05) is 25.6 Å². The summed E-state index contributed by atoms with van der Waals surface area (Å²) in [6.07, 6.45) is -5.14. The lowest BCUT2D eigenvalue weighted by Crippen LogP contribution is -2.29. The van der Waals surface area contributed by atoms with Crippen LogP contribution in [0.2, 0.25) is 0 Å². The average Bonchev–Trinajstić information content (AvgIpc) is 2.38. The van der Waals surface area contributed by atoms with Crippen LogP contribution in [-0.2, 0) is 4.74 Å². The van der Waals surface area contributed by atoms with Crippen LogP contribution >= 0.6 is 0 Å². The molecule has 0 aliphatic heterocycles. The van der Waals surface area contributed by atoms with Crippen molar-refractivity contribution in [2.45, 2.75) is 51.9 Å². The summed E-state index contributed by atoms with van der Waals surface area (Å²) in [6.45, 7) is 6.74. The third kappa shape index (κ3) is 8.07. The van der Waals surface area contributed by atoms with Crippen LogP contribution in [0.15, 0.2) is 24.3 Å². The number of hydrogen-bond donors (Lipinski definition) is 1. The second-order valence-corrected chi connectivity index (χ2v) is 5.55. The molecule has 1 atom stereocenters. The molecule has 0 aliphatic rings. The Morgan fingerprint density at radius 2 is 1.76 bits per heavy atom. The number of halogens is 3. The van der Waals surface area contributed by atoms with E-state index in [1.165, 1.54) is 0 Å². The van der Waals surface area contributed by atoms with Gasteiger partial charge < -0.3 is 10.1 Å². The van der Waals surface area contributed by atoms with Crippen molar-refractivity contribution in [1.82, 2.24) is 5.32 Å². The molecule has 1 rings (SSSR count). The van der Waals surface area contributed by atoms with Crippen molar-refractivity contribution in [1.29, 1.82) is 0 Å². The molecule has 0 saturated carbocycles. The molecule has 0 spiro atoms. The summed E-state index contributed by atoms with van der Waals surface area (Å²) in [5.41, 5.74) is 2.13. The van der Waals surface area contributed by atoms with Crippen molar-refractivity contribution in [2.75, 3.05) is 13.2 Å². The molecule has 0 heterocycles. The maximum Gasteiger partial charge on any atom is 0.389 e. The average molecular weight is 303 g/mol. The number of rotatable bonds is 8. The molecule has 21 heavy (non-hydrogen) atoms. The molecule has 0 radical (unpaired) electrons. The van der Waals surface area contributed by atoms with E-state index in [4.69, 9.17) is 4.74 Å². The Bertz CT molecular complexity index is 401. The number of ether oxygens (including phenoxy) is 1. The summed E-state index contributed by atoms with van der Waals surface area (Å²) in [5, 5.41) is 3.27. The van der Waals surface area contributed by atoms with Crippen molar-refractivity contribution in [3.63, 3.8) is 0 Å².